The molecule has 8 heteroatoms. The number of hydrogen-bond donors (Lipinski definition) is 2. The van der Waals surface area contributed by atoms with Crippen molar-refractivity contribution < 1.29 is 14.3 Å². The summed E-state index contributed by atoms with van der Waals surface area (Å²) in [4.78, 5) is 17.0. The number of ether oxygens (including phenoxy) is 2. The van der Waals surface area contributed by atoms with Gasteiger partial charge in [0.05, 0.1) is 18.5 Å². The maximum Gasteiger partial charge on any atom is 0.283 e. The summed E-state index contributed by atoms with van der Waals surface area (Å²) in [5.74, 6) is 0.941. The predicted octanol–water partition coefficient (Wildman–Crippen LogP) is 4.34. The number of nitrogens with two attached hydrogens (primary N) is 1. The van der Waals surface area contributed by atoms with Gasteiger partial charge in [-0.15, -0.1) is 0 Å². The van der Waals surface area contributed by atoms with Gasteiger partial charge < -0.3 is 15.2 Å². The Morgan fingerprint density at radius 1 is 1.19 bits per heavy atom. The Bertz CT molecular complexity index is 1080. The highest BCUT2D eigenvalue weighted by Gasteiger charge is 2.15. The molecular weight excluding hydrogens is 412 g/mol. The lowest BCUT2D eigenvalue weighted by Gasteiger charge is -2.13. The lowest BCUT2D eigenvalue weighted by molar-refractivity contribution is 0.0958. The molecule has 0 aliphatic carbocycles. The lowest BCUT2D eigenvalue weighted by atomic mass is 10.1. The summed E-state index contributed by atoms with van der Waals surface area (Å²) in [7, 11) is 0. The number of hydrazone groups is 1. The SMILES string of the molecule is CCOc1cc(/C=N/NC(=O)c2sc(N)nc2CC)ccc1OCc1cccc(C)c1. The first-order valence-electron chi connectivity index (χ1n) is 10.0. The Morgan fingerprint density at radius 3 is 2.77 bits per heavy atom. The van der Waals surface area contributed by atoms with E-state index >= 15 is 0 Å². The van der Waals surface area contributed by atoms with Crippen LogP contribution in [0.2, 0.25) is 0 Å². The van der Waals surface area contributed by atoms with Gasteiger partial charge in [-0.05, 0) is 49.6 Å². The highest BCUT2D eigenvalue weighted by Crippen LogP contribution is 2.29. The van der Waals surface area contributed by atoms with Crippen molar-refractivity contribution >= 4 is 28.6 Å². The number of rotatable bonds is 9. The average molecular weight is 439 g/mol. The van der Waals surface area contributed by atoms with Crippen LogP contribution in [0.5, 0.6) is 11.5 Å². The zero-order valence-electron chi connectivity index (χ0n) is 17.8. The summed E-state index contributed by atoms with van der Waals surface area (Å²) in [5.41, 5.74) is 11.9. The fourth-order valence-electron chi connectivity index (χ4n) is 2.96. The normalized spacial score (nSPS) is 10.9. The first-order valence-corrected chi connectivity index (χ1v) is 10.9. The molecular formula is C23H26N4O3S. The van der Waals surface area contributed by atoms with Crippen LogP contribution >= 0.6 is 11.3 Å². The van der Waals surface area contributed by atoms with Crippen LogP contribution in [-0.4, -0.2) is 23.7 Å². The van der Waals surface area contributed by atoms with Crippen LogP contribution in [0, 0.1) is 6.92 Å². The fraction of sp³-hybridized carbons (Fsp3) is 0.261. The Labute approximate surface area is 185 Å². The third-order valence-electron chi connectivity index (χ3n) is 4.38. The van der Waals surface area contributed by atoms with Crippen LogP contribution in [0.3, 0.4) is 0 Å². The number of carbonyl (C=O) groups is 1. The van der Waals surface area contributed by atoms with Crippen molar-refractivity contribution in [3.05, 3.63) is 69.7 Å². The minimum absolute atomic E-state index is 0.328. The van der Waals surface area contributed by atoms with Gasteiger partial charge in [-0.3, -0.25) is 4.79 Å². The topological polar surface area (TPSA) is 98.8 Å². The number of nitrogen functional groups attached to an aromatic ring is 1. The minimum atomic E-state index is -0.328. The molecule has 0 aliphatic rings. The number of aryl methyl sites for hydroxylation is 2. The number of hydrogen-bond acceptors (Lipinski definition) is 7. The Hall–Kier alpha value is -3.39. The summed E-state index contributed by atoms with van der Waals surface area (Å²) in [6.07, 6.45) is 2.18. The smallest absolute Gasteiger partial charge is 0.283 e. The molecule has 3 N–H and O–H groups in total. The third kappa shape index (κ3) is 6.05. The highest BCUT2D eigenvalue weighted by atomic mass is 32.1. The van der Waals surface area contributed by atoms with Crippen LogP contribution in [0.1, 0.15) is 45.9 Å². The second-order valence-corrected chi connectivity index (χ2v) is 7.83. The molecule has 0 fully saturated rings. The van der Waals surface area contributed by atoms with E-state index in [2.05, 4.69) is 34.6 Å². The van der Waals surface area contributed by atoms with Crippen LogP contribution < -0.4 is 20.6 Å². The van der Waals surface area contributed by atoms with Crippen LogP contribution in [-0.2, 0) is 13.0 Å². The number of amides is 1. The van der Waals surface area contributed by atoms with Gasteiger partial charge in [0.15, 0.2) is 16.6 Å². The van der Waals surface area contributed by atoms with Crippen molar-refractivity contribution in [2.45, 2.75) is 33.8 Å². The van der Waals surface area contributed by atoms with E-state index < -0.39 is 0 Å². The standard InChI is InChI=1S/C23H26N4O3S/c1-4-18-21(31-23(24)26-18)22(28)27-25-13-16-9-10-19(20(12-16)29-5-2)30-14-17-8-6-7-15(3)11-17/h6-13H,4-5,14H2,1-3H3,(H2,24,26)(H,27,28)/b25-13+. The molecule has 2 aromatic carbocycles. The molecule has 0 unspecified atom stereocenters. The van der Waals surface area contributed by atoms with Crippen molar-refractivity contribution in [2.24, 2.45) is 5.10 Å². The van der Waals surface area contributed by atoms with E-state index in [4.69, 9.17) is 15.2 Å². The quantitative estimate of drug-likeness (QED) is 0.382. The largest absolute Gasteiger partial charge is 0.490 e. The molecule has 7 nitrogen and oxygen atoms in total. The maximum atomic E-state index is 12.3. The molecule has 0 saturated carbocycles. The summed E-state index contributed by atoms with van der Waals surface area (Å²) in [5, 5.41) is 4.42. The van der Waals surface area contributed by atoms with Crippen molar-refractivity contribution in [3.63, 3.8) is 0 Å². The van der Waals surface area contributed by atoms with Crippen molar-refractivity contribution in [2.75, 3.05) is 12.3 Å². The maximum absolute atomic E-state index is 12.3. The second kappa shape index (κ2) is 10.6. The van der Waals surface area contributed by atoms with Gasteiger partial charge in [0.1, 0.15) is 11.5 Å². The Morgan fingerprint density at radius 2 is 2.03 bits per heavy atom. The molecule has 3 aromatic rings. The first-order chi connectivity index (χ1) is 15.0. The first kappa shape index (κ1) is 22.3. The van der Waals surface area contributed by atoms with E-state index in [9.17, 15) is 4.79 Å². The van der Waals surface area contributed by atoms with Gasteiger partial charge in [0.25, 0.3) is 5.91 Å². The summed E-state index contributed by atoms with van der Waals surface area (Å²) < 4.78 is 11.7. The van der Waals surface area contributed by atoms with Crippen molar-refractivity contribution in [3.8, 4) is 11.5 Å². The molecule has 31 heavy (non-hydrogen) atoms. The number of aromatic nitrogens is 1. The van der Waals surface area contributed by atoms with E-state index in [0.29, 0.717) is 46.8 Å². The monoisotopic (exact) mass is 438 g/mol. The van der Waals surface area contributed by atoms with Gasteiger partial charge in [-0.2, -0.15) is 5.10 Å². The molecule has 3 rings (SSSR count). The number of anilines is 1. The number of benzene rings is 2. The zero-order chi connectivity index (χ0) is 22.2. The van der Waals surface area contributed by atoms with E-state index in [0.717, 1.165) is 22.5 Å². The van der Waals surface area contributed by atoms with Gasteiger partial charge in [-0.25, -0.2) is 10.4 Å². The van der Waals surface area contributed by atoms with E-state index in [1.807, 2.05) is 44.2 Å². The average Bonchev–Trinajstić information content (AvgIpc) is 3.14. The zero-order valence-corrected chi connectivity index (χ0v) is 18.7. The predicted molar refractivity (Wildman–Crippen MR) is 124 cm³/mol. The summed E-state index contributed by atoms with van der Waals surface area (Å²) in [6.45, 7) is 6.84. The summed E-state index contributed by atoms with van der Waals surface area (Å²) >= 11 is 1.15. The van der Waals surface area contributed by atoms with Crippen LogP contribution in [0.15, 0.2) is 47.6 Å². The van der Waals surface area contributed by atoms with Crippen LogP contribution in [0.25, 0.3) is 0 Å². The number of thiazole rings is 1. The van der Waals surface area contributed by atoms with Gasteiger partial charge in [0.2, 0.25) is 0 Å². The highest BCUT2D eigenvalue weighted by molar-refractivity contribution is 7.17. The lowest BCUT2D eigenvalue weighted by Crippen LogP contribution is -2.17. The molecule has 0 atom stereocenters. The van der Waals surface area contributed by atoms with E-state index in [-0.39, 0.29) is 5.91 Å². The number of nitrogens with zero attached hydrogens (tertiary/aromatic N) is 2. The molecule has 0 saturated heterocycles. The molecule has 1 amide bonds. The Kier molecular flexibility index (Phi) is 7.61. The molecule has 0 spiro atoms. The molecule has 0 radical (unpaired) electrons. The molecule has 162 valence electrons. The molecule has 0 aliphatic heterocycles. The molecule has 1 heterocycles. The number of nitrogens with one attached hydrogen (secondary N) is 1. The number of carbonyl (C=O) groups excluding carboxylic acids is 1. The van der Waals surface area contributed by atoms with E-state index in [1.54, 1.807) is 6.21 Å². The van der Waals surface area contributed by atoms with Gasteiger partial charge >= 0.3 is 0 Å². The third-order valence-corrected chi connectivity index (χ3v) is 5.30. The fourth-order valence-corrected chi connectivity index (χ4v) is 3.77. The Balaban J connectivity index is 1.67. The second-order valence-electron chi connectivity index (χ2n) is 6.80. The van der Waals surface area contributed by atoms with Gasteiger partial charge in [-0.1, -0.05) is 48.1 Å². The van der Waals surface area contributed by atoms with Gasteiger partial charge in [0, 0.05) is 0 Å². The van der Waals surface area contributed by atoms with E-state index in [1.165, 1.54) is 5.56 Å². The van der Waals surface area contributed by atoms with Crippen molar-refractivity contribution in [1.82, 2.24) is 10.4 Å². The molecule has 1 aromatic heterocycles. The minimum Gasteiger partial charge on any atom is -0.490 e. The molecule has 0 bridgehead atoms. The summed E-state index contributed by atoms with van der Waals surface area (Å²) in [6, 6.07) is 13.7. The van der Waals surface area contributed by atoms with Crippen molar-refractivity contribution in [1.29, 1.82) is 0 Å². The van der Waals surface area contributed by atoms with Crippen LogP contribution in [0.4, 0.5) is 5.13 Å².